The zero-order valence-electron chi connectivity index (χ0n) is 18.3. The predicted octanol–water partition coefficient (Wildman–Crippen LogP) is 2.04. The van der Waals surface area contributed by atoms with Crippen molar-refractivity contribution in [1.82, 2.24) is 20.9 Å². The molecule has 3 N–H and O–H groups in total. The van der Waals surface area contributed by atoms with Gasteiger partial charge in [0.1, 0.15) is 24.1 Å². The van der Waals surface area contributed by atoms with Gasteiger partial charge in [-0.3, -0.25) is 15.0 Å². The largest absolute Gasteiger partial charge is 0.480 e. The van der Waals surface area contributed by atoms with Gasteiger partial charge >= 0.3 is 12.1 Å². The molecule has 1 unspecified atom stereocenters. The molecule has 3 amide bonds. The van der Waals surface area contributed by atoms with Crippen LogP contribution in [-0.2, 0) is 20.9 Å². The lowest BCUT2D eigenvalue weighted by atomic mass is 9.98. The van der Waals surface area contributed by atoms with E-state index in [0.717, 1.165) is 28.5 Å². The van der Waals surface area contributed by atoms with Crippen molar-refractivity contribution in [3.63, 3.8) is 0 Å². The molecular weight excluding hydrogens is 456 g/mol. The summed E-state index contributed by atoms with van der Waals surface area (Å²) in [7, 11) is 0. The lowest BCUT2D eigenvalue weighted by Crippen LogP contribution is -2.46. The van der Waals surface area contributed by atoms with E-state index in [1.807, 2.05) is 48.5 Å². The van der Waals surface area contributed by atoms with Gasteiger partial charge in [-0.1, -0.05) is 53.7 Å². The van der Waals surface area contributed by atoms with Crippen LogP contribution in [0.2, 0.25) is 0 Å². The van der Waals surface area contributed by atoms with Crippen molar-refractivity contribution in [2.24, 2.45) is 0 Å². The van der Waals surface area contributed by atoms with Gasteiger partial charge < -0.3 is 19.7 Å². The van der Waals surface area contributed by atoms with Crippen LogP contribution in [0.25, 0.3) is 11.1 Å². The predicted molar refractivity (Wildman–Crippen MR) is 119 cm³/mol. The van der Waals surface area contributed by atoms with Gasteiger partial charge in [0.25, 0.3) is 5.91 Å². The number of carbonyl (C=O) groups is 4. The number of carboxylic acid groups (broad SMARTS) is 1. The summed E-state index contributed by atoms with van der Waals surface area (Å²) < 4.78 is 10.3. The van der Waals surface area contributed by atoms with Crippen LogP contribution < -0.4 is 10.7 Å². The zero-order chi connectivity index (χ0) is 24.5. The van der Waals surface area contributed by atoms with Crippen molar-refractivity contribution in [2.45, 2.75) is 24.9 Å². The number of ether oxygens (including phenoxy) is 1. The number of amides is 3. The Kier molecular flexibility index (Phi) is 5.65. The average Bonchev–Trinajstić information content (AvgIpc) is 3.57. The SMILES string of the molecule is O=C1CC(C(=O)O)N(C(=O)c2conc2CNC(=O)OCC2c3ccccc3-c3ccccc32)N1. The molecule has 1 fully saturated rings. The zero-order valence-corrected chi connectivity index (χ0v) is 18.3. The van der Waals surface area contributed by atoms with Gasteiger partial charge in [-0.05, 0) is 22.3 Å². The normalized spacial score (nSPS) is 16.4. The molecule has 2 aromatic carbocycles. The summed E-state index contributed by atoms with van der Waals surface area (Å²) in [4.78, 5) is 48.2. The van der Waals surface area contributed by atoms with E-state index in [2.05, 4.69) is 15.9 Å². The number of nitrogens with zero attached hydrogens (tertiary/aromatic N) is 2. The number of carbonyl (C=O) groups excluding carboxylic acids is 3. The summed E-state index contributed by atoms with van der Waals surface area (Å²) >= 11 is 0. The molecule has 1 atom stereocenters. The second kappa shape index (κ2) is 8.93. The molecule has 3 aromatic rings. The number of hydrogen-bond acceptors (Lipinski definition) is 7. The van der Waals surface area contributed by atoms with E-state index < -0.39 is 29.9 Å². The number of hydrogen-bond donors (Lipinski definition) is 3. The maximum atomic E-state index is 12.8. The lowest BCUT2D eigenvalue weighted by molar-refractivity contribution is -0.142. The van der Waals surface area contributed by atoms with E-state index >= 15 is 0 Å². The van der Waals surface area contributed by atoms with Gasteiger partial charge in [-0.2, -0.15) is 0 Å². The number of alkyl carbamates (subject to hydrolysis) is 1. The molecule has 1 aliphatic heterocycles. The molecule has 0 spiro atoms. The summed E-state index contributed by atoms with van der Waals surface area (Å²) in [6.07, 6.45) is -0.0497. The Morgan fingerprint density at radius 3 is 2.43 bits per heavy atom. The maximum absolute atomic E-state index is 12.8. The number of fused-ring (bicyclic) bond motifs is 3. The third-order valence-electron chi connectivity index (χ3n) is 6.06. The molecule has 0 radical (unpaired) electrons. The first-order valence-corrected chi connectivity index (χ1v) is 10.8. The Morgan fingerprint density at radius 2 is 1.77 bits per heavy atom. The first-order valence-electron chi connectivity index (χ1n) is 10.8. The molecule has 2 heterocycles. The summed E-state index contributed by atoms with van der Waals surface area (Å²) in [5.41, 5.74) is 6.56. The molecule has 5 rings (SSSR count). The highest BCUT2D eigenvalue weighted by atomic mass is 16.5. The molecule has 2 aliphatic rings. The average molecular weight is 476 g/mol. The van der Waals surface area contributed by atoms with Crippen LogP contribution in [0.3, 0.4) is 0 Å². The van der Waals surface area contributed by atoms with E-state index in [4.69, 9.17) is 9.26 Å². The molecule has 11 heteroatoms. The van der Waals surface area contributed by atoms with Gasteiger partial charge in [0.15, 0.2) is 6.04 Å². The minimum atomic E-state index is -1.35. The van der Waals surface area contributed by atoms with Gasteiger partial charge in [-0.25, -0.2) is 14.6 Å². The standard InChI is InChI=1S/C24H20N4O7/c29-21-9-20(23(31)32)28(26-21)22(30)18-12-35-27-19(18)10-25-24(33)34-11-17-15-7-3-1-5-13(15)14-6-2-4-8-16(14)17/h1-8,12,17,20H,9-11H2,(H,25,33)(H,26,29)(H,31,32). The van der Waals surface area contributed by atoms with Crippen LogP contribution in [0.15, 0.2) is 59.3 Å². The van der Waals surface area contributed by atoms with Crippen molar-refractivity contribution >= 4 is 23.9 Å². The second-order valence-corrected chi connectivity index (χ2v) is 8.12. The van der Waals surface area contributed by atoms with Crippen LogP contribution in [0, 0.1) is 0 Å². The second-order valence-electron chi connectivity index (χ2n) is 8.12. The Balaban J connectivity index is 1.22. The van der Waals surface area contributed by atoms with Crippen LogP contribution in [0.4, 0.5) is 4.79 Å². The van der Waals surface area contributed by atoms with Crippen LogP contribution in [-0.4, -0.2) is 51.8 Å². The van der Waals surface area contributed by atoms with Crippen LogP contribution in [0.1, 0.15) is 39.5 Å². The third-order valence-corrected chi connectivity index (χ3v) is 6.06. The van der Waals surface area contributed by atoms with Crippen LogP contribution in [0.5, 0.6) is 0 Å². The topological polar surface area (TPSA) is 151 Å². The summed E-state index contributed by atoms with van der Waals surface area (Å²) in [5.74, 6) is -2.84. The highest BCUT2D eigenvalue weighted by molar-refractivity contribution is 6.01. The molecule has 1 aromatic heterocycles. The number of nitrogens with one attached hydrogen (secondary N) is 2. The lowest BCUT2D eigenvalue weighted by Gasteiger charge is -2.19. The van der Waals surface area contributed by atoms with Gasteiger partial charge in [0, 0.05) is 5.92 Å². The number of carboxylic acids is 1. The number of rotatable bonds is 6. The Morgan fingerprint density at radius 1 is 1.11 bits per heavy atom. The van der Waals surface area contributed by atoms with Crippen molar-refractivity contribution in [2.75, 3.05) is 6.61 Å². The highest BCUT2D eigenvalue weighted by Gasteiger charge is 2.40. The monoisotopic (exact) mass is 476 g/mol. The Hall–Kier alpha value is -4.67. The molecule has 0 bridgehead atoms. The van der Waals surface area contributed by atoms with Crippen molar-refractivity contribution in [3.05, 3.63) is 77.2 Å². The Labute approximate surface area is 198 Å². The van der Waals surface area contributed by atoms with E-state index in [1.165, 1.54) is 0 Å². The Bertz CT molecular complexity index is 1290. The fourth-order valence-corrected chi connectivity index (χ4v) is 4.41. The highest BCUT2D eigenvalue weighted by Crippen LogP contribution is 2.44. The number of aliphatic carboxylic acids is 1. The van der Waals surface area contributed by atoms with E-state index in [9.17, 15) is 24.3 Å². The molecule has 0 saturated carbocycles. The van der Waals surface area contributed by atoms with E-state index in [1.54, 1.807) is 0 Å². The molecule has 1 aliphatic carbocycles. The molecule has 11 nitrogen and oxygen atoms in total. The first kappa shape index (κ1) is 22.1. The summed E-state index contributed by atoms with van der Waals surface area (Å²) in [6.45, 7) is -0.0850. The third kappa shape index (κ3) is 4.07. The quantitative estimate of drug-likeness (QED) is 0.489. The van der Waals surface area contributed by atoms with E-state index in [-0.39, 0.29) is 36.7 Å². The molecule has 178 valence electrons. The maximum Gasteiger partial charge on any atom is 0.407 e. The van der Waals surface area contributed by atoms with Gasteiger partial charge in [0.2, 0.25) is 5.91 Å². The molecular formula is C24H20N4O7. The van der Waals surface area contributed by atoms with Crippen molar-refractivity contribution < 1.29 is 33.5 Å². The van der Waals surface area contributed by atoms with Crippen molar-refractivity contribution in [3.8, 4) is 11.1 Å². The fourth-order valence-electron chi connectivity index (χ4n) is 4.41. The van der Waals surface area contributed by atoms with Gasteiger partial charge in [-0.15, -0.1) is 0 Å². The number of benzene rings is 2. The van der Waals surface area contributed by atoms with Gasteiger partial charge in [0.05, 0.1) is 13.0 Å². The van der Waals surface area contributed by atoms with E-state index in [0.29, 0.717) is 5.01 Å². The molecule has 35 heavy (non-hydrogen) atoms. The summed E-state index contributed by atoms with van der Waals surface area (Å²) in [6, 6.07) is 14.6. The fraction of sp³-hybridized carbons (Fsp3) is 0.208. The number of hydrazine groups is 1. The minimum Gasteiger partial charge on any atom is -0.480 e. The van der Waals surface area contributed by atoms with Crippen molar-refractivity contribution in [1.29, 1.82) is 0 Å². The molecule has 1 saturated heterocycles. The van der Waals surface area contributed by atoms with Crippen LogP contribution >= 0.6 is 0 Å². The number of aromatic nitrogens is 1. The first-order chi connectivity index (χ1) is 16.9. The summed E-state index contributed by atoms with van der Waals surface area (Å²) in [5, 5.41) is 16.2. The minimum absolute atomic E-state index is 0.0637. The smallest absolute Gasteiger partial charge is 0.407 e.